The zero-order chi connectivity index (χ0) is 21.5. The van der Waals surface area contributed by atoms with Crippen molar-refractivity contribution in [1.82, 2.24) is 15.3 Å². The lowest BCUT2D eigenvalue weighted by atomic mass is 10.1. The molecule has 1 saturated heterocycles. The quantitative estimate of drug-likeness (QED) is 0.506. The Hall–Kier alpha value is -3.12. The third kappa shape index (κ3) is 5.52. The molecule has 160 valence electrons. The molecule has 1 fully saturated rings. The zero-order valence-electron chi connectivity index (χ0n) is 17.3. The van der Waals surface area contributed by atoms with Gasteiger partial charge in [-0.3, -0.25) is 4.79 Å². The van der Waals surface area contributed by atoms with Gasteiger partial charge in [-0.05, 0) is 49.4 Å². The molecular weight excluding hydrogens is 410 g/mol. The minimum absolute atomic E-state index is 0.0404. The Kier molecular flexibility index (Phi) is 6.99. The Bertz CT molecular complexity index is 1010. The van der Waals surface area contributed by atoms with Crippen LogP contribution in [0, 0.1) is 0 Å². The number of carbonyl (C=O) groups excluding carboxylic acids is 1. The molecule has 1 atom stereocenters. The van der Waals surface area contributed by atoms with E-state index in [1.54, 1.807) is 12.3 Å². The Morgan fingerprint density at radius 2 is 1.90 bits per heavy atom. The molecule has 2 heterocycles. The van der Waals surface area contributed by atoms with Gasteiger partial charge in [0, 0.05) is 19.3 Å². The highest BCUT2D eigenvalue weighted by atomic mass is 35.5. The summed E-state index contributed by atoms with van der Waals surface area (Å²) >= 11 is 6.24. The zero-order valence-corrected chi connectivity index (χ0v) is 18.1. The number of hydrogen-bond acceptors (Lipinski definition) is 5. The predicted molar refractivity (Wildman–Crippen MR) is 125 cm³/mol. The molecule has 0 spiro atoms. The number of amides is 1. The van der Waals surface area contributed by atoms with Crippen LogP contribution in [0.2, 0.25) is 5.02 Å². The van der Waals surface area contributed by atoms with Gasteiger partial charge in [0.05, 0.1) is 10.7 Å². The number of nitrogens with zero attached hydrogens (tertiary/aromatic N) is 3. The molecule has 0 bridgehead atoms. The van der Waals surface area contributed by atoms with Crippen molar-refractivity contribution in [2.45, 2.75) is 31.7 Å². The number of hydrogen-bond donors (Lipinski definition) is 2. The number of para-hydroxylation sites is 1. The normalized spacial score (nSPS) is 15.6. The highest BCUT2D eigenvalue weighted by molar-refractivity contribution is 6.33. The number of anilines is 3. The number of halogens is 1. The van der Waals surface area contributed by atoms with E-state index in [0.717, 1.165) is 37.9 Å². The second kappa shape index (κ2) is 10.3. The maximum atomic E-state index is 12.8. The van der Waals surface area contributed by atoms with E-state index >= 15 is 0 Å². The number of rotatable bonds is 8. The molecule has 31 heavy (non-hydrogen) atoms. The standard InChI is InChI=1S/C24H26ClN5O/c25-19-11-4-5-12-20(19)28-22-14-16-27-24(29-22)30-17-7-13-21(30)23(31)26-15-6-10-18-8-2-1-3-9-18/h1-5,8-9,11-12,14,16,21H,6-7,10,13,15,17H2,(H,26,31)(H,27,28,29)/t21-/m0/s1. The number of carbonyl (C=O) groups is 1. The molecule has 1 amide bonds. The lowest BCUT2D eigenvalue weighted by Crippen LogP contribution is -2.44. The van der Waals surface area contributed by atoms with E-state index in [4.69, 9.17) is 11.6 Å². The average molecular weight is 436 g/mol. The second-order valence-corrected chi connectivity index (χ2v) is 7.99. The lowest BCUT2D eigenvalue weighted by molar-refractivity contribution is -0.122. The average Bonchev–Trinajstić information content (AvgIpc) is 3.29. The van der Waals surface area contributed by atoms with E-state index < -0.39 is 0 Å². The molecule has 2 N–H and O–H groups in total. The molecule has 1 aliphatic rings. The summed E-state index contributed by atoms with van der Waals surface area (Å²) in [5.74, 6) is 1.24. The molecule has 1 aromatic heterocycles. The maximum Gasteiger partial charge on any atom is 0.242 e. The van der Waals surface area contributed by atoms with E-state index in [-0.39, 0.29) is 11.9 Å². The van der Waals surface area contributed by atoms with Crippen LogP contribution >= 0.6 is 11.6 Å². The van der Waals surface area contributed by atoms with Crippen LogP contribution in [0.4, 0.5) is 17.5 Å². The van der Waals surface area contributed by atoms with Crippen LogP contribution in [0.1, 0.15) is 24.8 Å². The third-order valence-electron chi connectivity index (χ3n) is 5.38. The molecular formula is C24H26ClN5O. The highest BCUT2D eigenvalue weighted by Gasteiger charge is 2.32. The van der Waals surface area contributed by atoms with E-state index in [1.165, 1.54) is 5.56 Å². The van der Waals surface area contributed by atoms with Crippen molar-refractivity contribution in [3.63, 3.8) is 0 Å². The lowest BCUT2D eigenvalue weighted by Gasteiger charge is -2.24. The largest absolute Gasteiger partial charge is 0.354 e. The molecule has 4 rings (SSSR count). The molecule has 0 unspecified atom stereocenters. The molecule has 2 aromatic carbocycles. The fourth-order valence-corrected chi connectivity index (χ4v) is 3.99. The van der Waals surface area contributed by atoms with Gasteiger partial charge in [-0.25, -0.2) is 4.98 Å². The van der Waals surface area contributed by atoms with E-state index in [0.29, 0.717) is 23.3 Å². The summed E-state index contributed by atoms with van der Waals surface area (Å²) in [4.78, 5) is 23.9. The van der Waals surface area contributed by atoms with Crippen LogP contribution in [-0.2, 0) is 11.2 Å². The van der Waals surface area contributed by atoms with E-state index in [2.05, 4.69) is 32.7 Å². The molecule has 6 nitrogen and oxygen atoms in total. The first-order chi connectivity index (χ1) is 15.2. The molecule has 0 saturated carbocycles. The Balaban J connectivity index is 1.35. The Morgan fingerprint density at radius 3 is 2.74 bits per heavy atom. The summed E-state index contributed by atoms with van der Waals surface area (Å²) in [6.07, 6.45) is 5.31. The van der Waals surface area contributed by atoms with Crippen molar-refractivity contribution >= 4 is 35.0 Å². The van der Waals surface area contributed by atoms with Crippen molar-refractivity contribution in [1.29, 1.82) is 0 Å². The number of aryl methyl sites for hydroxylation is 1. The number of aromatic nitrogens is 2. The summed E-state index contributed by atoms with van der Waals surface area (Å²) < 4.78 is 0. The van der Waals surface area contributed by atoms with Crippen molar-refractivity contribution < 1.29 is 4.79 Å². The summed E-state index contributed by atoms with van der Waals surface area (Å²) in [5.41, 5.74) is 2.07. The van der Waals surface area contributed by atoms with E-state index in [9.17, 15) is 4.79 Å². The molecule has 1 aliphatic heterocycles. The van der Waals surface area contributed by atoms with Crippen molar-refractivity contribution in [3.05, 3.63) is 77.4 Å². The Morgan fingerprint density at radius 1 is 1.10 bits per heavy atom. The first-order valence-corrected chi connectivity index (χ1v) is 11.0. The van der Waals surface area contributed by atoms with Crippen LogP contribution in [-0.4, -0.2) is 35.0 Å². The fraction of sp³-hybridized carbons (Fsp3) is 0.292. The number of benzene rings is 2. The summed E-state index contributed by atoms with van der Waals surface area (Å²) in [6, 6.07) is 19.4. The smallest absolute Gasteiger partial charge is 0.242 e. The molecule has 7 heteroatoms. The fourth-order valence-electron chi connectivity index (χ4n) is 3.80. The van der Waals surface area contributed by atoms with Gasteiger partial charge in [0.1, 0.15) is 11.9 Å². The first-order valence-electron chi connectivity index (χ1n) is 10.6. The van der Waals surface area contributed by atoms with Gasteiger partial charge < -0.3 is 15.5 Å². The van der Waals surface area contributed by atoms with Gasteiger partial charge in [-0.1, -0.05) is 54.1 Å². The van der Waals surface area contributed by atoms with Crippen LogP contribution in [0.25, 0.3) is 0 Å². The second-order valence-electron chi connectivity index (χ2n) is 7.58. The first kappa shape index (κ1) is 21.1. The van der Waals surface area contributed by atoms with E-state index in [1.807, 2.05) is 47.4 Å². The van der Waals surface area contributed by atoms with Crippen LogP contribution in [0.3, 0.4) is 0 Å². The maximum absolute atomic E-state index is 12.8. The minimum Gasteiger partial charge on any atom is -0.354 e. The van der Waals surface area contributed by atoms with Gasteiger partial charge in [0.15, 0.2) is 0 Å². The topological polar surface area (TPSA) is 70.2 Å². The van der Waals surface area contributed by atoms with Gasteiger partial charge in [-0.2, -0.15) is 4.98 Å². The minimum atomic E-state index is -0.243. The third-order valence-corrected chi connectivity index (χ3v) is 5.71. The van der Waals surface area contributed by atoms with Gasteiger partial charge >= 0.3 is 0 Å². The van der Waals surface area contributed by atoms with Crippen molar-refractivity contribution in [3.8, 4) is 0 Å². The SMILES string of the molecule is O=C(NCCCc1ccccc1)[C@@H]1CCCN1c1nccc(Nc2ccccc2Cl)n1. The van der Waals surface area contributed by atoms with Gasteiger partial charge in [-0.15, -0.1) is 0 Å². The van der Waals surface area contributed by atoms with Crippen LogP contribution < -0.4 is 15.5 Å². The molecule has 0 radical (unpaired) electrons. The highest BCUT2D eigenvalue weighted by Crippen LogP contribution is 2.26. The summed E-state index contributed by atoms with van der Waals surface area (Å²) in [5, 5.41) is 6.94. The van der Waals surface area contributed by atoms with Crippen LogP contribution in [0.15, 0.2) is 66.9 Å². The van der Waals surface area contributed by atoms with Crippen LogP contribution in [0.5, 0.6) is 0 Å². The van der Waals surface area contributed by atoms with Crippen molar-refractivity contribution in [2.75, 3.05) is 23.3 Å². The molecule has 0 aliphatic carbocycles. The summed E-state index contributed by atoms with van der Waals surface area (Å²) in [7, 11) is 0. The van der Waals surface area contributed by atoms with Crippen molar-refractivity contribution in [2.24, 2.45) is 0 Å². The van der Waals surface area contributed by atoms with Gasteiger partial charge in [0.2, 0.25) is 11.9 Å². The summed E-state index contributed by atoms with van der Waals surface area (Å²) in [6.45, 7) is 1.42. The monoisotopic (exact) mass is 435 g/mol. The Labute approximate surface area is 187 Å². The predicted octanol–water partition coefficient (Wildman–Crippen LogP) is 4.59. The number of nitrogens with one attached hydrogen (secondary N) is 2. The van der Waals surface area contributed by atoms with Gasteiger partial charge in [0.25, 0.3) is 0 Å². The molecule has 3 aromatic rings.